The lowest BCUT2D eigenvalue weighted by molar-refractivity contribution is -0.166. The van der Waals surface area contributed by atoms with Crippen LogP contribution in [0.3, 0.4) is 0 Å². The standard InChI is InChI=1S/C12H27P.C5H9NO4/c1-4-7-10-13(11-8-5-2)12-9-6-3;1-6(2)3-10-5(9)4(7)8/h4-12H2,1-3H3;3H2,1-2H3,(H,7,8). The van der Waals surface area contributed by atoms with Gasteiger partial charge in [0.25, 0.3) is 0 Å². The normalized spacial score (nSPS) is 10.4. The molecule has 23 heavy (non-hydrogen) atoms. The van der Waals surface area contributed by atoms with Crippen molar-refractivity contribution in [2.75, 3.05) is 39.3 Å². The molecule has 0 unspecified atom stereocenters. The van der Waals surface area contributed by atoms with Crippen molar-refractivity contribution in [2.45, 2.75) is 59.3 Å². The van der Waals surface area contributed by atoms with E-state index in [4.69, 9.17) is 5.11 Å². The maximum Gasteiger partial charge on any atom is 0.418 e. The van der Waals surface area contributed by atoms with Crippen LogP contribution < -0.4 is 0 Å². The topological polar surface area (TPSA) is 66.8 Å². The zero-order valence-corrected chi connectivity index (χ0v) is 16.5. The molecule has 0 amide bonds. The summed E-state index contributed by atoms with van der Waals surface area (Å²) in [5, 5.41) is 8.00. The lowest BCUT2D eigenvalue weighted by Gasteiger charge is -2.16. The van der Waals surface area contributed by atoms with Gasteiger partial charge in [-0.05, 0) is 51.8 Å². The lowest BCUT2D eigenvalue weighted by atomic mass is 10.4. The number of carbonyl (C=O) groups is 2. The Morgan fingerprint density at radius 1 is 0.913 bits per heavy atom. The molecule has 0 aliphatic heterocycles. The third-order valence-electron chi connectivity index (χ3n) is 3.11. The van der Waals surface area contributed by atoms with Crippen molar-refractivity contribution >= 4 is 19.9 Å². The summed E-state index contributed by atoms with van der Waals surface area (Å²) in [6, 6.07) is 0. The van der Waals surface area contributed by atoms with Gasteiger partial charge in [-0.3, -0.25) is 4.90 Å². The molecule has 0 radical (unpaired) electrons. The van der Waals surface area contributed by atoms with E-state index in [0.717, 1.165) is 0 Å². The van der Waals surface area contributed by atoms with Crippen molar-refractivity contribution in [1.29, 1.82) is 0 Å². The first-order valence-electron chi connectivity index (χ1n) is 8.66. The van der Waals surface area contributed by atoms with Crippen molar-refractivity contribution in [3.8, 4) is 0 Å². The number of carboxylic acid groups (broad SMARTS) is 1. The number of nitrogens with zero attached hydrogens (tertiary/aromatic N) is 1. The maximum absolute atomic E-state index is 10.2. The number of hydrogen-bond acceptors (Lipinski definition) is 4. The first kappa shape index (κ1) is 24.6. The number of hydrogen-bond donors (Lipinski definition) is 1. The molecule has 5 nitrogen and oxygen atoms in total. The molecule has 0 atom stereocenters. The molecular formula is C17H36NO4P. The lowest BCUT2D eigenvalue weighted by Crippen LogP contribution is -2.23. The second-order valence-electron chi connectivity index (χ2n) is 5.85. The SMILES string of the molecule is CCCCP(CCCC)CCCC.CN(C)COC(=O)C(=O)O. The number of unbranched alkanes of at least 4 members (excludes halogenated alkanes) is 3. The molecule has 0 heterocycles. The molecule has 0 spiro atoms. The Labute approximate surface area is 143 Å². The summed E-state index contributed by atoms with van der Waals surface area (Å²) in [7, 11) is 3.75. The van der Waals surface area contributed by atoms with Crippen molar-refractivity contribution in [3.63, 3.8) is 0 Å². The summed E-state index contributed by atoms with van der Waals surface area (Å²) in [6.45, 7) is 6.93. The molecule has 138 valence electrons. The van der Waals surface area contributed by atoms with E-state index in [2.05, 4.69) is 25.5 Å². The number of ether oxygens (including phenoxy) is 1. The minimum atomic E-state index is -1.57. The molecular weight excluding hydrogens is 313 g/mol. The van der Waals surface area contributed by atoms with Crippen LogP contribution >= 0.6 is 7.92 Å². The number of rotatable bonds is 11. The molecule has 6 heteroatoms. The summed E-state index contributed by atoms with van der Waals surface area (Å²) in [5.41, 5.74) is 0. The van der Waals surface area contributed by atoms with Crippen molar-refractivity contribution in [3.05, 3.63) is 0 Å². The van der Waals surface area contributed by atoms with E-state index in [-0.39, 0.29) is 6.73 Å². The Morgan fingerprint density at radius 2 is 1.30 bits per heavy atom. The number of esters is 1. The number of aliphatic carboxylic acids is 1. The highest BCUT2D eigenvalue weighted by Crippen LogP contribution is 2.38. The zero-order valence-electron chi connectivity index (χ0n) is 15.6. The molecule has 0 saturated heterocycles. The summed E-state index contributed by atoms with van der Waals surface area (Å²) in [5.74, 6) is -2.80. The van der Waals surface area contributed by atoms with Gasteiger partial charge in [0.15, 0.2) is 0 Å². The fourth-order valence-electron chi connectivity index (χ4n) is 1.73. The highest BCUT2D eigenvalue weighted by Gasteiger charge is 2.12. The predicted octanol–water partition coefficient (Wildman–Crippen LogP) is 4.00. The van der Waals surface area contributed by atoms with Crippen LogP contribution in [0.4, 0.5) is 0 Å². The Balaban J connectivity index is 0. The third-order valence-corrected chi connectivity index (χ3v) is 5.96. The molecule has 0 fully saturated rings. The first-order valence-corrected chi connectivity index (χ1v) is 10.6. The Morgan fingerprint density at radius 3 is 1.57 bits per heavy atom. The van der Waals surface area contributed by atoms with Gasteiger partial charge < -0.3 is 9.84 Å². The van der Waals surface area contributed by atoms with Crippen LogP contribution in [-0.2, 0) is 14.3 Å². The van der Waals surface area contributed by atoms with Crippen LogP contribution in [0.5, 0.6) is 0 Å². The highest BCUT2D eigenvalue weighted by molar-refractivity contribution is 7.57. The van der Waals surface area contributed by atoms with E-state index in [1.165, 1.54) is 38.5 Å². The van der Waals surface area contributed by atoms with Gasteiger partial charge in [0.05, 0.1) is 0 Å². The summed E-state index contributed by atoms with van der Waals surface area (Å²) < 4.78 is 4.25. The van der Waals surface area contributed by atoms with Gasteiger partial charge in [0, 0.05) is 0 Å². The smallest absolute Gasteiger partial charge is 0.418 e. The fourth-order valence-corrected chi connectivity index (χ4v) is 4.69. The van der Waals surface area contributed by atoms with Crippen LogP contribution in [0.15, 0.2) is 0 Å². The summed E-state index contributed by atoms with van der Waals surface area (Å²) in [4.78, 5) is 21.6. The molecule has 1 N–H and O–H groups in total. The zero-order chi connectivity index (χ0) is 18.1. The largest absolute Gasteiger partial charge is 0.473 e. The van der Waals surface area contributed by atoms with Gasteiger partial charge in [-0.25, -0.2) is 9.59 Å². The summed E-state index contributed by atoms with van der Waals surface area (Å²) in [6.07, 6.45) is 13.2. The third kappa shape index (κ3) is 19.3. The van der Waals surface area contributed by atoms with Crippen molar-refractivity contribution in [2.24, 2.45) is 0 Å². The molecule has 0 aromatic heterocycles. The van der Waals surface area contributed by atoms with E-state index < -0.39 is 11.9 Å². The molecule has 0 aliphatic rings. The monoisotopic (exact) mass is 349 g/mol. The second kappa shape index (κ2) is 17.7. The van der Waals surface area contributed by atoms with E-state index in [0.29, 0.717) is 7.92 Å². The molecule has 0 bridgehead atoms. The Kier molecular flexibility index (Phi) is 18.9. The van der Waals surface area contributed by atoms with Gasteiger partial charge in [-0.1, -0.05) is 40.0 Å². The second-order valence-corrected chi connectivity index (χ2v) is 8.53. The van der Waals surface area contributed by atoms with Gasteiger partial charge in [-0.15, -0.1) is 7.92 Å². The molecule has 0 saturated carbocycles. The van der Waals surface area contributed by atoms with E-state index in [9.17, 15) is 9.59 Å². The van der Waals surface area contributed by atoms with Crippen molar-refractivity contribution < 1.29 is 19.4 Å². The Bertz CT molecular complexity index is 279. The fraction of sp³-hybridized carbons (Fsp3) is 0.882. The van der Waals surface area contributed by atoms with Crippen molar-refractivity contribution in [1.82, 2.24) is 4.90 Å². The minimum absolute atomic E-state index is 0.00880. The van der Waals surface area contributed by atoms with Crippen LogP contribution in [0.1, 0.15) is 59.3 Å². The predicted molar refractivity (Wildman–Crippen MR) is 98.5 cm³/mol. The average Bonchev–Trinajstić information content (AvgIpc) is 2.52. The molecule has 0 rings (SSSR count). The van der Waals surface area contributed by atoms with E-state index >= 15 is 0 Å². The van der Waals surface area contributed by atoms with Crippen LogP contribution in [0.2, 0.25) is 0 Å². The maximum atomic E-state index is 10.2. The summed E-state index contributed by atoms with van der Waals surface area (Å²) >= 11 is 0. The number of carboxylic acids is 1. The quantitative estimate of drug-likeness (QED) is 0.264. The van der Waals surface area contributed by atoms with E-state index in [1.54, 1.807) is 37.5 Å². The van der Waals surface area contributed by atoms with Gasteiger partial charge >= 0.3 is 11.9 Å². The van der Waals surface area contributed by atoms with Crippen LogP contribution in [0, 0.1) is 0 Å². The average molecular weight is 349 g/mol. The van der Waals surface area contributed by atoms with E-state index in [1.807, 2.05) is 0 Å². The van der Waals surface area contributed by atoms with Gasteiger partial charge in [0.2, 0.25) is 0 Å². The number of carbonyl (C=O) groups excluding carboxylic acids is 1. The molecule has 0 aromatic carbocycles. The van der Waals surface area contributed by atoms with Crippen LogP contribution in [0.25, 0.3) is 0 Å². The Hall–Kier alpha value is -0.670. The minimum Gasteiger partial charge on any atom is -0.473 e. The van der Waals surface area contributed by atoms with Crippen LogP contribution in [-0.4, -0.2) is 61.3 Å². The molecule has 0 aromatic rings. The molecule has 0 aliphatic carbocycles. The first-order chi connectivity index (χ1) is 10.9. The highest BCUT2D eigenvalue weighted by atomic mass is 31.1. The van der Waals surface area contributed by atoms with Gasteiger partial charge in [0.1, 0.15) is 6.73 Å². The van der Waals surface area contributed by atoms with Gasteiger partial charge in [-0.2, -0.15) is 0 Å².